The summed E-state index contributed by atoms with van der Waals surface area (Å²) in [6, 6.07) is 4.79. The second-order valence-corrected chi connectivity index (χ2v) is 4.74. The molecule has 0 aliphatic rings. The first-order valence-corrected chi connectivity index (χ1v) is 6.98. The van der Waals surface area contributed by atoms with Gasteiger partial charge in [-0.25, -0.2) is 0 Å². The molecule has 3 N–H and O–H groups in total. The van der Waals surface area contributed by atoms with Crippen molar-refractivity contribution in [1.29, 1.82) is 0 Å². The van der Waals surface area contributed by atoms with Gasteiger partial charge >= 0.3 is 0 Å². The summed E-state index contributed by atoms with van der Waals surface area (Å²) in [6.07, 6.45) is 3.99. The Kier molecular flexibility index (Phi) is 6.19. The molecule has 0 fully saturated rings. The Morgan fingerprint density at radius 3 is 2.26 bits per heavy atom. The van der Waals surface area contributed by atoms with Crippen LogP contribution in [0.3, 0.4) is 0 Å². The summed E-state index contributed by atoms with van der Waals surface area (Å²) >= 11 is 0. The van der Waals surface area contributed by atoms with Crippen LogP contribution in [0.4, 0.5) is 5.69 Å². The molecule has 0 radical (unpaired) electrons. The lowest BCUT2D eigenvalue weighted by atomic mass is 10.1. The molecule has 0 aliphatic carbocycles. The largest absolute Gasteiger partial charge is 0.507 e. The summed E-state index contributed by atoms with van der Waals surface area (Å²) < 4.78 is 0. The van der Waals surface area contributed by atoms with Crippen molar-refractivity contribution in [2.24, 2.45) is 0 Å². The van der Waals surface area contributed by atoms with Gasteiger partial charge in [-0.05, 0) is 25.0 Å². The van der Waals surface area contributed by atoms with Crippen LogP contribution in [-0.4, -0.2) is 29.0 Å². The van der Waals surface area contributed by atoms with Crippen LogP contribution >= 0.6 is 0 Å². The van der Waals surface area contributed by atoms with Crippen LogP contribution in [-0.2, 0) is 0 Å². The number of phenolic OH excluding ortho intramolecular Hbond substituents is 1. The molecule has 106 valence electrons. The predicted molar refractivity (Wildman–Crippen MR) is 78.2 cm³/mol. The molecule has 4 nitrogen and oxygen atoms in total. The molecular formula is C15H24N2O2. The van der Waals surface area contributed by atoms with E-state index in [-0.39, 0.29) is 17.2 Å². The highest BCUT2D eigenvalue weighted by Gasteiger charge is 2.20. The maximum atomic E-state index is 12.5. The van der Waals surface area contributed by atoms with Crippen LogP contribution < -0.4 is 5.73 Å². The predicted octanol–water partition coefficient (Wildman–Crippen LogP) is 3.02. The van der Waals surface area contributed by atoms with Gasteiger partial charge in [0.2, 0.25) is 0 Å². The Labute approximate surface area is 115 Å². The van der Waals surface area contributed by atoms with Gasteiger partial charge in [-0.3, -0.25) is 4.79 Å². The molecule has 0 saturated carbocycles. The van der Waals surface area contributed by atoms with Gasteiger partial charge in [0.15, 0.2) is 0 Å². The SMILES string of the molecule is CCCCN(CCCC)C(=O)c1c(N)cccc1O. The highest BCUT2D eigenvalue weighted by Crippen LogP contribution is 2.24. The topological polar surface area (TPSA) is 66.6 Å². The number of carbonyl (C=O) groups is 1. The minimum absolute atomic E-state index is 0.0389. The molecule has 1 aromatic rings. The fraction of sp³-hybridized carbons (Fsp3) is 0.533. The van der Waals surface area contributed by atoms with E-state index in [0.29, 0.717) is 18.8 Å². The van der Waals surface area contributed by atoms with Gasteiger partial charge in [0.05, 0.1) is 0 Å². The van der Waals surface area contributed by atoms with Crippen molar-refractivity contribution < 1.29 is 9.90 Å². The van der Waals surface area contributed by atoms with Gasteiger partial charge < -0.3 is 15.7 Å². The highest BCUT2D eigenvalue weighted by molar-refractivity contribution is 6.01. The van der Waals surface area contributed by atoms with Crippen LogP contribution in [0.5, 0.6) is 5.75 Å². The average molecular weight is 264 g/mol. The van der Waals surface area contributed by atoms with Crippen molar-refractivity contribution >= 4 is 11.6 Å². The molecule has 4 heteroatoms. The second kappa shape index (κ2) is 7.67. The van der Waals surface area contributed by atoms with E-state index in [1.54, 1.807) is 17.0 Å². The van der Waals surface area contributed by atoms with E-state index in [1.807, 2.05) is 0 Å². The van der Waals surface area contributed by atoms with Crippen LogP contribution in [0, 0.1) is 0 Å². The van der Waals surface area contributed by atoms with Crippen LogP contribution in [0.2, 0.25) is 0 Å². The van der Waals surface area contributed by atoms with Crippen LogP contribution in [0.15, 0.2) is 18.2 Å². The number of nitrogens with two attached hydrogens (primary N) is 1. The van der Waals surface area contributed by atoms with E-state index in [2.05, 4.69) is 13.8 Å². The van der Waals surface area contributed by atoms with Crippen molar-refractivity contribution in [1.82, 2.24) is 4.90 Å². The first kappa shape index (κ1) is 15.3. The number of unbranched alkanes of at least 4 members (excludes halogenated alkanes) is 2. The van der Waals surface area contributed by atoms with Gasteiger partial charge in [-0.15, -0.1) is 0 Å². The Balaban J connectivity index is 2.91. The van der Waals surface area contributed by atoms with E-state index in [9.17, 15) is 9.90 Å². The summed E-state index contributed by atoms with van der Waals surface area (Å²) in [7, 11) is 0. The molecule has 0 aliphatic heterocycles. The number of amides is 1. The Bertz CT molecular complexity index is 390. The Morgan fingerprint density at radius 2 is 1.79 bits per heavy atom. The van der Waals surface area contributed by atoms with Gasteiger partial charge in [-0.1, -0.05) is 32.8 Å². The van der Waals surface area contributed by atoms with E-state index < -0.39 is 0 Å². The fourth-order valence-corrected chi connectivity index (χ4v) is 1.96. The molecule has 1 amide bonds. The number of nitrogens with zero attached hydrogens (tertiary/aromatic N) is 1. The molecular weight excluding hydrogens is 240 g/mol. The lowest BCUT2D eigenvalue weighted by Gasteiger charge is -2.23. The van der Waals surface area contributed by atoms with Gasteiger partial charge in [0, 0.05) is 18.8 Å². The smallest absolute Gasteiger partial charge is 0.259 e. The zero-order valence-electron chi connectivity index (χ0n) is 11.9. The first-order valence-electron chi connectivity index (χ1n) is 6.98. The number of anilines is 1. The van der Waals surface area contributed by atoms with Crippen molar-refractivity contribution in [2.75, 3.05) is 18.8 Å². The standard InChI is InChI=1S/C15H24N2O2/c1-3-5-10-17(11-6-4-2)15(19)14-12(16)8-7-9-13(14)18/h7-9,18H,3-6,10-11,16H2,1-2H3. The third kappa shape index (κ3) is 4.16. The number of aromatic hydroxyl groups is 1. The van der Waals surface area contributed by atoms with E-state index in [4.69, 9.17) is 5.73 Å². The number of benzene rings is 1. The molecule has 0 spiro atoms. The molecule has 1 rings (SSSR count). The summed E-state index contributed by atoms with van der Waals surface area (Å²) in [6.45, 7) is 5.61. The van der Waals surface area contributed by atoms with Crippen molar-refractivity contribution in [3.05, 3.63) is 23.8 Å². The molecule has 1 aromatic carbocycles. The average Bonchev–Trinajstić information content (AvgIpc) is 2.38. The molecule has 19 heavy (non-hydrogen) atoms. The minimum Gasteiger partial charge on any atom is -0.507 e. The van der Waals surface area contributed by atoms with Gasteiger partial charge in [0.1, 0.15) is 11.3 Å². The van der Waals surface area contributed by atoms with Gasteiger partial charge in [-0.2, -0.15) is 0 Å². The highest BCUT2D eigenvalue weighted by atomic mass is 16.3. The molecule has 0 unspecified atom stereocenters. The fourth-order valence-electron chi connectivity index (χ4n) is 1.96. The van der Waals surface area contributed by atoms with E-state index in [1.165, 1.54) is 6.07 Å². The number of phenols is 1. The van der Waals surface area contributed by atoms with E-state index >= 15 is 0 Å². The van der Waals surface area contributed by atoms with Crippen molar-refractivity contribution in [3.8, 4) is 5.75 Å². The van der Waals surface area contributed by atoms with E-state index in [0.717, 1.165) is 25.7 Å². The molecule has 0 bridgehead atoms. The van der Waals surface area contributed by atoms with Crippen LogP contribution in [0.1, 0.15) is 49.9 Å². The molecule has 0 heterocycles. The molecule has 0 atom stereocenters. The number of hydrogen-bond donors (Lipinski definition) is 2. The lowest BCUT2D eigenvalue weighted by molar-refractivity contribution is 0.0749. The van der Waals surface area contributed by atoms with Crippen LogP contribution in [0.25, 0.3) is 0 Å². The van der Waals surface area contributed by atoms with Gasteiger partial charge in [0.25, 0.3) is 5.91 Å². The summed E-state index contributed by atoms with van der Waals surface area (Å²) in [5.41, 5.74) is 6.38. The minimum atomic E-state index is -0.169. The first-order chi connectivity index (χ1) is 9.11. The number of nitrogen functional groups attached to an aromatic ring is 1. The number of rotatable bonds is 7. The number of hydrogen-bond acceptors (Lipinski definition) is 3. The summed E-state index contributed by atoms with van der Waals surface area (Å²) in [5.74, 6) is -0.208. The third-order valence-corrected chi connectivity index (χ3v) is 3.14. The summed E-state index contributed by atoms with van der Waals surface area (Å²) in [5, 5.41) is 9.83. The van der Waals surface area contributed by atoms with Crippen molar-refractivity contribution in [2.45, 2.75) is 39.5 Å². The zero-order valence-corrected chi connectivity index (χ0v) is 11.9. The second-order valence-electron chi connectivity index (χ2n) is 4.74. The Hall–Kier alpha value is -1.71. The monoisotopic (exact) mass is 264 g/mol. The zero-order chi connectivity index (χ0) is 14.3. The maximum absolute atomic E-state index is 12.5. The quantitative estimate of drug-likeness (QED) is 0.744. The summed E-state index contributed by atoms with van der Waals surface area (Å²) in [4.78, 5) is 14.3. The lowest BCUT2D eigenvalue weighted by Crippen LogP contribution is -2.33. The molecule has 0 aromatic heterocycles. The third-order valence-electron chi connectivity index (χ3n) is 3.14. The maximum Gasteiger partial charge on any atom is 0.259 e. The number of carbonyl (C=O) groups excluding carboxylic acids is 1. The molecule has 0 saturated heterocycles. The normalized spacial score (nSPS) is 10.4. The Morgan fingerprint density at radius 1 is 1.21 bits per heavy atom. The van der Waals surface area contributed by atoms with Crippen molar-refractivity contribution in [3.63, 3.8) is 0 Å².